The molecule has 1 aliphatic rings. The van der Waals surface area contributed by atoms with E-state index in [9.17, 15) is 9.36 Å². The van der Waals surface area contributed by atoms with Gasteiger partial charge in [0.2, 0.25) is 0 Å². The zero-order chi connectivity index (χ0) is 26.9. The first-order chi connectivity index (χ1) is 17.6. The lowest BCUT2D eigenvalue weighted by atomic mass is 10.1. The summed E-state index contributed by atoms with van der Waals surface area (Å²) in [6, 6.07) is 0. The summed E-state index contributed by atoms with van der Waals surface area (Å²) in [4.78, 5) is 25.2. The number of rotatable bonds is 15. The van der Waals surface area contributed by atoms with Gasteiger partial charge in [0.25, 0.3) is 0 Å². The largest absolute Gasteiger partial charge is 0.464 e. The molecule has 2 heterocycles. The molecule has 37 heavy (non-hydrogen) atoms. The second-order valence-corrected chi connectivity index (χ2v) is 12.0. The molecule has 13 heteroatoms. The van der Waals surface area contributed by atoms with E-state index in [1.807, 2.05) is 6.92 Å². The highest BCUT2D eigenvalue weighted by Gasteiger charge is 2.40. The summed E-state index contributed by atoms with van der Waals surface area (Å²) < 4.78 is 32.6. The van der Waals surface area contributed by atoms with Crippen LogP contribution >= 0.6 is 7.52 Å². The summed E-state index contributed by atoms with van der Waals surface area (Å²) in [5.74, 6) is -0.207. The van der Waals surface area contributed by atoms with Crippen molar-refractivity contribution >= 4 is 36.2 Å². The van der Waals surface area contributed by atoms with Crippen molar-refractivity contribution in [3.05, 3.63) is 12.7 Å². The van der Waals surface area contributed by atoms with Crippen LogP contribution in [0.3, 0.4) is 0 Å². The van der Waals surface area contributed by atoms with Gasteiger partial charge in [0.05, 0.1) is 31.3 Å². The summed E-state index contributed by atoms with van der Waals surface area (Å²) in [5, 5.41) is 7.02. The van der Waals surface area contributed by atoms with Gasteiger partial charge in [-0.15, -0.1) is 0 Å². The van der Waals surface area contributed by atoms with E-state index < -0.39 is 19.0 Å². The van der Waals surface area contributed by atoms with Gasteiger partial charge in [0, 0.05) is 0 Å². The van der Waals surface area contributed by atoms with Crippen LogP contribution in [0.5, 0.6) is 0 Å². The van der Waals surface area contributed by atoms with Crippen molar-refractivity contribution in [3.63, 3.8) is 0 Å². The molecule has 1 aliphatic carbocycles. The van der Waals surface area contributed by atoms with Gasteiger partial charge in [-0.3, -0.25) is 9.36 Å². The van der Waals surface area contributed by atoms with Crippen molar-refractivity contribution < 1.29 is 23.5 Å². The van der Waals surface area contributed by atoms with Crippen LogP contribution < -0.4 is 10.8 Å². The van der Waals surface area contributed by atoms with Crippen LogP contribution in [0.1, 0.15) is 79.1 Å². The normalized spacial score (nSPS) is 16.5. The lowest BCUT2D eigenvalue weighted by Gasteiger charge is -2.29. The maximum absolute atomic E-state index is 13.8. The molecule has 0 spiro atoms. The van der Waals surface area contributed by atoms with Crippen molar-refractivity contribution in [1.82, 2.24) is 24.6 Å². The third-order valence-corrected chi connectivity index (χ3v) is 7.82. The molecule has 0 saturated heterocycles. The van der Waals surface area contributed by atoms with E-state index in [1.54, 1.807) is 24.7 Å². The van der Waals surface area contributed by atoms with Gasteiger partial charge in [-0.2, -0.15) is 0 Å². The third kappa shape index (κ3) is 8.48. The SMILES string of the molecule is CCCCCCOC(=O)C(C)(C)NP(=O)(CO[C@@H](C)Cn1cnc2c(N)ncnc21)ON=C1CCCC1. The van der Waals surface area contributed by atoms with Crippen LogP contribution in [0.15, 0.2) is 17.8 Å². The highest BCUT2D eigenvalue weighted by Crippen LogP contribution is 2.46. The number of esters is 1. The molecule has 3 N–H and O–H groups in total. The van der Waals surface area contributed by atoms with Crippen LogP contribution in [0, 0.1) is 0 Å². The highest BCUT2D eigenvalue weighted by molar-refractivity contribution is 7.56. The van der Waals surface area contributed by atoms with Crippen molar-refractivity contribution in [3.8, 4) is 0 Å². The Hall–Kier alpha value is -2.56. The number of nitrogens with one attached hydrogen (secondary N) is 1. The van der Waals surface area contributed by atoms with E-state index in [4.69, 9.17) is 19.8 Å². The Bertz CT molecular complexity index is 1110. The van der Waals surface area contributed by atoms with Gasteiger partial charge >= 0.3 is 13.5 Å². The number of nitrogens with zero attached hydrogens (tertiary/aromatic N) is 5. The fraction of sp³-hybridized carbons (Fsp3) is 0.708. The van der Waals surface area contributed by atoms with E-state index in [2.05, 4.69) is 32.1 Å². The van der Waals surface area contributed by atoms with Crippen LogP contribution in [0.4, 0.5) is 5.82 Å². The fourth-order valence-corrected chi connectivity index (χ4v) is 5.80. The van der Waals surface area contributed by atoms with E-state index in [0.29, 0.717) is 30.1 Å². The minimum atomic E-state index is -3.73. The molecule has 0 bridgehead atoms. The van der Waals surface area contributed by atoms with Crippen molar-refractivity contribution in [1.29, 1.82) is 0 Å². The van der Waals surface area contributed by atoms with Crippen LogP contribution in [0.25, 0.3) is 11.2 Å². The minimum Gasteiger partial charge on any atom is -0.464 e. The Labute approximate surface area is 218 Å². The van der Waals surface area contributed by atoms with E-state index in [1.165, 1.54) is 6.33 Å². The quantitative estimate of drug-likeness (QED) is 0.144. The summed E-state index contributed by atoms with van der Waals surface area (Å²) in [6.07, 6.45) is 9.93. The molecule has 1 unspecified atom stereocenters. The van der Waals surface area contributed by atoms with Crippen molar-refractivity contribution in [2.45, 2.75) is 97.2 Å². The summed E-state index contributed by atoms with van der Waals surface area (Å²) in [5.41, 5.74) is 6.54. The fourth-order valence-electron chi connectivity index (χ4n) is 4.01. The van der Waals surface area contributed by atoms with Crippen molar-refractivity contribution in [2.24, 2.45) is 5.16 Å². The molecule has 1 fully saturated rings. The Kier molecular flexibility index (Phi) is 10.4. The molecule has 2 aromatic rings. The van der Waals surface area contributed by atoms with Gasteiger partial charge in [0.1, 0.15) is 23.7 Å². The second-order valence-electron chi connectivity index (χ2n) is 9.99. The topological polar surface area (TPSA) is 156 Å². The lowest BCUT2D eigenvalue weighted by molar-refractivity contribution is -0.149. The van der Waals surface area contributed by atoms with Gasteiger partial charge < -0.3 is 24.4 Å². The third-order valence-electron chi connectivity index (χ3n) is 6.09. The molecule has 2 atom stereocenters. The number of fused-ring (bicyclic) bond motifs is 1. The number of hydrogen-bond acceptors (Lipinski definition) is 10. The highest BCUT2D eigenvalue weighted by atomic mass is 31.2. The van der Waals surface area contributed by atoms with E-state index in [0.717, 1.165) is 57.1 Å². The number of aromatic nitrogens is 4. The van der Waals surface area contributed by atoms with Gasteiger partial charge in [-0.25, -0.2) is 20.0 Å². The molecule has 3 rings (SSSR count). The first-order valence-electron chi connectivity index (χ1n) is 13.0. The first kappa shape index (κ1) is 29.0. The molecule has 0 aliphatic heterocycles. The number of hydrogen-bond donors (Lipinski definition) is 2. The van der Waals surface area contributed by atoms with Crippen LogP contribution in [-0.4, -0.2) is 55.8 Å². The standard InChI is InChI=1S/C24H40N7O5P/c1-5-6-7-10-13-34-23(32)24(3,4)30-37(33,36-29-19-11-8-9-12-19)17-35-18(2)14-31-16-28-20-21(25)26-15-27-22(20)31/h15-16,18H,5-14,17H2,1-4H3,(H,30,33)(H2,25,26,27)/t18-,37?/m0/s1. The number of nitrogens with two attached hydrogens (primary N) is 1. The summed E-state index contributed by atoms with van der Waals surface area (Å²) >= 11 is 0. The smallest absolute Gasteiger partial charge is 0.365 e. The number of carbonyl (C=O) groups is 1. The first-order valence-corrected chi connectivity index (χ1v) is 14.8. The Morgan fingerprint density at radius 3 is 2.73 bits per heavy atom. The number of oxime groups is 1. The van der Waals surface area contributed by atoms with E-state index in [-0.39, 0.29) is 12.5 Å². The zero-order valence-corrected chi connectivity index (χ0v) is 23.2. The van der Waals surface area contributed by atoms with Crippen LogP contribution in [0.2, 0.25) is 0 Å². The molecular weight excluding hydrogens is 497 g/mol. The number of imidazole rings is 1. The lowest BCUT2D eigenvalue weighted by Crippen LogP contribution is -2.47. The predicted molar refractivity (Wildman–Crippen MR) is 142 cm³/mol. The summed E-state index contributed by atoms with van der Waals surface area (Å²) in [6.45, 7) is 7.88. The number of anilines is 1. The molecule has 0 amide bonds. The van der Waals surface area contributed by atoms with E-state index >= 15 is 0 Å². The Balaban J connectivity index is 1.64. The number of nitrogen functional groups attached to an aromatic ring is 1. The molecule has 0 radical (unpaired) electrons. The average molecular weight is 538 g/mol. The number of unbranched alkanes of at least 4 members (excludes halogenated alkanes) is 3. The van der Waals surface area contributed by atoms with Crippen LogP contribution in [-0.2, 0) is 30.0 Å². The van der Waals surface area contributed by atoms with Gasteiger partial charge in [-0.1, -0.05) is 31.3 Å². The number of ether oxygens (including phenoxy) is 2. The Morgan fingerprint density at radius 1 is 1.24 bits per heavy atom. The minimum absolute atomic E-state index is 0.290. The summed E-state index contributed by atoms with van der Waals surface area (Å²) in [7, 11) is -3.73. The van der Waals surface area contributed by atoms with Gasteiger partial charge in [-0.05, 0) is 52.9 Å². The second kappa shape index (κ2) is 13.3. The molecule has 12 nitrogen and oxygen atoms in total. The maximum atomic E-state index is 13.8. The van der Waals surface area contributed by atoms with Crippen molar-refractivity contribution in [2.75, 3.05) is 18.7 Å². The molecule has 2 aromatic heterocycles. The molecule has 1 saturated carbocycles. The van der Waals surface area contributed by atoms with Gasteiger partial charge in [0.15, 0.2) is 11.5 Å². The molecular formula is C24H40N7O5P. The predicted octanol–water partition coefficient (Wildman–Crippen LogP) is 4.40. The maximum Gasteiger partial charge on any atom is 0.365 e. The molecule has 206 valence electrons. The monoisotopic (exact) mass is 537 g/mol. The molecule has 0 aromatic carbocycles. The zero-order valence-electron chi connectivity index (χ0n) is 22.3. The number of carbonyl (C=O) groups excluding carboxylic acids is 1. The average Bonchev–Trinajstić information content (AvgIpc) is 3.52. The Morgan fingerprint density at radius 2 is 2.00 bits per heavy atom.